The lowest BCUT2D eigenvalue weighted by Gasteiger charge is -2.10. The molecule has 0 aromatic carbocycles. The molecular weight excluding hydrogens is 274 g/mol. The number of carbonyl (C=O) groups excluding carboxylic acids is 1. The number of hydrogen-bond donors (Lipinski definition) is 1. The number of ether oxygens (including phenoxy) is 2. The lowest BCUT2D eigenvalue weighted by molar-refractivity contribution is 0.102. The molecule has 0 unspecified atom stereocenters. The quantitative estimate of drug-likeness (QED) is 0.923. The molecule has 2 aromatic heterocycles. The third-order valence-corrected chi connectivity index (χ3v) is 3.04. The van der Waals surface area contributed by atoms with Gasteiger partial charge in [0.1, 0.15) is 11.9 Å². The molecule has 0 spiro atoms. The minimum absolute atomic E-state index is 0.0373. The number of pyridine rings is 1. The van der Waals surface area contributed by atoms with Gasteiger partial charge in [0, 0.05) is 24.8 Å². The fraction of sp³-hybridized carbons (Fsp3) is 0.357. The third-order valence-electron chi connectivity index (χ3n) is 3.04. The molecule has 110 valence electrons. The third kappa shape index (κ3) is 3.38. The molecule has 0 bridgehead atoms. The van der Waals surface area contributed by atoms with E-state index in [9.17, 15) is 4.79 Å². The molecule has 7 heteroatoms. The predicted molar refractivity (Wildman–Crippen MR) is 73.3 cm³/mol. The van der Waals surface area contributed by atoms with Crippen LogP contribution < -0.4 is 10.1 Å². The van der Waals surface area contributed by atoms with Crippen molar-refractivity contribution in [1.29, 1.82) is 0 Å². The van der Waals surface area contributed by atoms with Crippen LogP contribution in [0.3, 0.4) is 0 Å². The summed E-state index contributed by atoms with van der Waals surface area (Å²) in [5, 5.41) is 6.33. The second kappa shape index (κ2) is 5.92. The van der Waals surface area contributed by atoms with E-state index in [2.05, 4.69) is 15.5 Å². The molecule has 21 heavy (non-hydrogen) atoms. The predicted octanol–water partition coefficient (Wildman–Crippen LogP) is 1.80. The molecular formula is C14H15N3O4. The molecule has 0 aliphatic carbocycles. The van der Waals surface area contributed by atoms with Crippen molar-refractivity contribution < 1.29 is 18.8 Å². The number of carbonyl (C=O) groups is 1. The Labute approximate surface area is 121 Å². The highest BCUT2D eigenvalue weighted by Gasteiger charge is 2.18. The fourth-order valence-corrected chi connectivity index (χ4v) is 1.97. The van der Waals surface area contributed by atoms with Crippen molar-refractivity contribution in [2.75, 3.05) is 18.5 Å². The van der Waals surface area contributed by atoms with Gasteiger partial charge in [-0.05, 0) is 13.0 Å². The van der Waals surface area contributed by atoms with Crippen LogP contribution in [0.2, 0.25) is 0 Å². The van der Waals surface area contributed by atoms with Gasteiger partial charge in [0.25, 0.3) is 5.91 Å². The lowest BCUT2D eigenvalue weighted by atomic mass is 10.2. The lowest BCUT2D eigenvalue weighted by Crippen LogP contribution is -2.17. The first-order valence-corrected chi connectivity index (χ1v) is 6.66. The van der Waals surface area contributed by atoms with Crippen LogP contribution in [0.1, 0.15) is 22.5 Å². The highest BCUT2D eigenvalue weighted by atomic mass is 16.5. The number of aryl methyl sites for hydroxylation is 1. The number of anilines is 1. The standard InChI is InChI=1S/C14H15N3O4/c1-9-6-12(17-21-9)16-14(18)10-2-3-13(15-7-10)20-11-4-5-19-8-11/h2-3,6-7,11H,4-5,8H2,1H3,(H,16,17,18)/t11-/m0/s1. The van der Waals surface area contributed by atoms with Gasteiger partial charge in [-0.15, -0.1) is 0 Å². The van der Waals surface area contributed by atoms with Gasteiger partial charge >= 0.3 is 0 Å². The largest absolute Gasteiger partial charge is 0.472 e. The maximum Gasteiger partial charge on any atom is 0.258 e. The van der Waals surface area contributed by atoms with Crippen molar-refractivity contribution in [3.05, 3.63) is 35.7 Å². The number of hydrogen-bond acceptors (Lipinski definition) is 6. The minimum atomic E-state index is -0.299. The van der Waals surface area contributed by atoms with E-state index in [1.807, 2.05) is 0 Å². The Hall–Kier alpha value is -2.41. The monoisotopic (exact) mass is 289 g/mol. The average molecular weight is 289 g/mol. The molecule has 7 nitrogen and oxygen atoms in total. The Morgan fingerprint density at radius 2 is 2.38 bits per heavy atom. The Bertz CT molecular complexity index is 617. The van der Waals surface area contributed by atoms with Crippen LogP contribution in [0.4, 0.5) is 5.82 Å². The molecule has 0 radical (unpaired) electrons. The SMILES string of the molecule is Cc1cc(NC(=O)c2ccc(O[C@H]3CCOC3)nc2)no1. The number of nitrogens with one attached hydrogen (secondary N) is 1. The maximum absolute atomic E-state index is 12.0. The van der Waals surface area contributed by atoms with Crippen molar-refractivity contribution in [2.24, 2.45) is 0 Å². The van der Waals surface area contributed by atoms with Gasteiger partial charge in [0.2, 0.25) is 5.88 Å². The van der Waals surface area contributed by atoms with E-state index in [-0.39, 0.29) is 12.0 Å². The van der Waals surface area contributed by atoms with Crippen molar-refractivity contribution in [3.8, 4) is 5.88 Å². The zero-order valence-electron chi connectivity index (χ0n) is 11.5. The molecule has 1 fully saturated rings. The summed E-state index contributed by atoms with van der Waals surface area (Å²) < 4.78 is 15.7. The van der Waals surface area contributed by atoms with Crippen LogP contribution >= 0.6 is 0 Å². The summed E-state index contributed by atoms with van der Waals surface area (Å²) in [6.45, 7) is 3.04. The smallest absolute Gasteiger partial charge is 0.258 e. The van der Waals surface area contributed by atoms with Gasteiger partial charge in [-0.1, -0.05) is 5.16 Å². The van der Waals surface area contributed by atoms with Gasteiger partial charge in [-0.2, -0.15) is 0 Å². The highest BCUT2D eigenvalue weighted by molar-refractivity contribution is 6.03. The van der Waals surface area contributed by atoms with Crippen molar-refractivity contribution in [3.63, 3.8) is 0 Å². The van der Waals surface area contributed by atoms with E-state index in [1.54, 1.807) is 25.1 Å². The molecule has 3 rings (SSSR count). The summed E-state index contributed by atoms with van der Waals surface area (Å²) in [5.41, 5.74) is 0.422. The molecule has 1 N–H and O–H groups in total. The number of rotatable bonds is 4. The zero-order chi connectivity index (χ0) is 14.7. The summed E-state index contributed by atoms with van der Waals surface area (Å²) in [7, 11) is 0. The first-order valence-electron chi connectivity index (χ1n) is 6.66. The van der Waals surface area contributed by atoms with Crippen molar-refractivity contribution >= 4 is 11.7 Å². The summed E-state index contributed by atoms with van der Waals surface area (Å²) in [6, 6.07) is 4.96. The maximum atomic E-state index is 12.0. The summed E-state index contributed by atoms with van der Waals surface area (Å²) in [5.74, 6) is 1.19. The second-order valence-corrected chi connectivity index (χ2v) is 4.77. The number of nitrogens with zero attached hydrogens (tertiary/aromatic N) is 2. The summed E-state index contributed by atoms with van der Waals surface area (Å²) in [4.78, 5) is 16.1. The minimum Gasteiger partial charge on any atom is -0.472 e. The van der Waals surface area contributed by atoms with E-state index in [0.717, 1.165) is 6.42 Å². The Balaban J connectivity index is 1.61. The van der Waals surface area contributed by atoms with Gasteiger partial charge < -0.3 is 19.3 Å². The highest BCUT2D eigenvalue weighted by Crippen LogP contribution is 2.15. The first kappa shape index (κ1) is 13.6. The molecule has 1 atom stereocenters. The normalized spacial score (nSPS) is 17.7. The fourth-order valence-electron chi connectivity index (χ4n) is 1.97. The van der Waals surface area contributed by atoms with Gasteiger partial charge in [-0.25, -0.2) is 4.98 Å². The molecule has 1 aliphatic rings. The van der Waals surface area contributed by atoms with Crippen molar-refractivity contribution in [1.82, 2.24) is 10.1 Å². The van der Waals surface area contributed by atoms with Gasteiger partial charge in [-0.3, -0.25) is 4.79 Å². The second-order valence-electron chi connectivity index (χ2n) is 4.77. The molecule has 3 heterocycles. The Kier molecular flexibility index (Phi) is 3.83. The van der Waals surface area contributed by atoms with Crippen LogP contribution in [-0.4, -0.2) is 35.4 Å². The van der Waals surface area contributed by atoms with Crippen molar-refractivity contribution in [2.45, 2.75) is 19.4 Å². The molecule has 1 saturated heterocycles. The molecule has 2 aromatic rings. The van der Waals surface area contributed by atoms with E-state index in [0.29, 0.717) is 36.2 Å². The first-order chi connectivity index (χ1) is 10.2. The van der Waals surface area contributed by atoms with E-state index in [4.69, 9.17) is 14.0 Å². The number of amides is 1. The van der Waals surface area contributed by atoms with Gasteiger partial charge in [0.15, 0.2) is 5.82 Å². The summed E-state index contributed by atoms with van der Waals surface area (Å²) >= 11 is 0. The molecule has 1 aliphatic heterocycles. The van der Waals surface area contributed by atoms with Gasteiger partial charge in [0.05, 0.1) is 18.8 Å². The topological polar surface area (TPSA) is 86.5 Å². The average Bonchev–Trinajstić information content (AvgIpc) is 3.12. The van der Waals surface area contributed by atoms with E-state index in [1.165, 1.54) is 6.20 Å². The Morgan fingerprint density at radius 3 is 3.00 bits per heavy atom. The Morgan fingerprint density at radius 1 is 1.48 bits per heavy atom. The van der Waals surface area contributed by atoms with Crippen LogP contribution in [0, 0.1) is 6.92 Å². The van der Waals surface area contributed by atoms with Crippen LogP contribution in [0.5, 0.6) is 5.88 Å². The van der Waals surface area contributed by atoms with Crippen LogP contribution in [0.15, 0.2) is 28.9 Å². The van der Waals surface area contributed by atoms with Crippen LogP contribution in [0.25, 0.3) is 0 Å². The molecule has 1 amide bonds. The molecule has 0 saturated carbocycles. The summed E-state index contributed by atoms with van der Waals surface area (Å²) in [6.07, 6.45) is 2.36. The van der Waals surface area contributed by atoms with E-state index >= 15 is 0 Å². The number of aromatic nitrogens is 2. The van der Waals surface area contributed by atoms with Crippen LogP contribution in [-0.2, 0) is 4.74 Å². The van der Waals surface area contributed by atoms with E-state index < -0.39 is 0 Å². The zero-order valence-corrected chi connectivity index (χ0v) is 11.5.